The molecule has 0 saturated heterocycles. The average Bonchev–Trinajstić information content (AvgIpc) is 3.13. The van der Waals surface area contributed by atoms with Gasteiger partial charge in [-0.1, -0.05) is 76.5 Å². The zero-order valence-electron chi connectivity index (χ0n) is 20.3. The zero-order chi connectivity index (χ0) is 25.9. The van der Waals surface area contributed by atoms with Crippen LogP contribution in [0.3, 0.4) is 0 Å². The number of aryl methyl sites for hydroxylation is 1. The maximum Gasteiger partial charge on any atom is 0.243 e. The van der Waals surface area contributed by atoms with Gasteiger partial charge < -0.3 is 16.8 Å². The molecule has 2 aliphatic heterocycles. The number of nitrogens with zero attached hydrogens (tertiary/aromatic N) is 1. The second-order valence-corrected chi connectivity index (χ2v) is 13.1. The van der Waals surface area contributed by atoms with Crippen molar-refractivity contribution in [3.8, 4) is 0 Å². The lowest BCUT2D eigenvalue weighted by Crippen LogP contribution is -2.31. The van der Waals surface area contributed by atoms with Crippen LogP contribution >= 0.6 is 31.9 Å². The van der Waals surface area contributed by atoms with E-state index < -0.39 is 10.0 Å². The van der Waals surface area contributed by atoms with E-state index in [0.717, 1.165) is 45.1 Å². The topological polar surface area (TPSA) is 101 Å². The number of benzene rings is 3. The number of rotatable bonds is 2. The van der Waals surface area contributed by atoms with Crippen molar-refractivity contribution >= 4 is 41.9 Å². The molecule has 2 unspecified atom stereocenters. The Morgan fingerprint density at radius 1 is 0.842 bits per heavy atom. The van der Waals surface area contributed by atoms with Gasteiger partial charge in [0.25, 0.3) is 0 Å². The van der Waals surface area contributed by atoms with E-state index in [9.17, 15) is 8.42 Å². The van der Waals surface area contributed by atoms with Crippen molar-refractivity contribution in [2.45, 2.75) is 64.7 Å². The molecular weight excluding hydrogens is 628 g/mol. The van der Waals surface area contributed by atoms with Crippen LogP contribution in [0.2, 0.25) is 0 Å². The van der Waals surface area contributed by atoms with E-state index in [2.05, 4.69) is 55.4 Å². The molecular formula is C29H40Br2N4O2S. The van der Waals surface area contributed by atoms with E-state index >= 15 is 0 Å². The van der Waals surface area contributed by atoms with Gasteiger partial charge in [0.05, 0.1) is 4.90 Å². The largest absolute Gasteiger partial charge is 0.324 e. The standard InChI is InChI=1S/C17H19BrN2O2S.C10H13BrN2.2CH4/c1-12-2-5-15(6-3-12)23(21,22)20-9-8-17(19)16-7-4-14(18)10-13(16)11-20;11-8-1-2-9-7(5-8)6-13-4-3-10(9)12;;/h2-7,10,17H,8-9,11,19H2,1H3;1-2,5,10,13H,3-4,6,12H2;2*1H4. The van der Waals surface area contributed by atoms with Gasteiger partial charge >= 0.3 is 0 Å². The average molecular weight is 669 g/mol. The summed E-state index contributed by atoms with van der Waals surface area (Å²) in [6.07, 6.45) is 1.63. The van der Waals surface area contributed by atoms with Crippen LogP contribution in [-0.4, -0.2) is 25.8 Å². The number of nitrogens with one attached hydrogen (secondary N) is 1. The Bertz CT molecular complexity index is 1320. The zero-order valence-corrected chi connectivity index (χ0v) is 24.2. The van der Waals surface area contributed by atoms with Crippen molar-refractivity contribution in [1.29, 1.82) is 0 Å². The van der Waals surface area contributed by atoms with Crippen molar-refractivity contribution in [3.63, 3.8) is 0 Å². The number of fused-ring (bicyclic) bond motifs is 2. The van der Waals surface area contributed by atoms with Gasteiger partial charge in [0.1, 0.15) is 0 Å². The van der Waals surface area contributed by atoms with Gasteiger partial charge in [-0.3, -0.25) is 0 Å². The first-order chi connectivity index (χ1) is 17.1. The molecule has 3 aromatic carbocycles. The van der Waals surface area contributed by atoms with Gasteiger partial charge in [-0.25, -0.2) is 8.42 Å². The molecule has 3 aromatic rings. The summed E-state index contributed by atoms with van der Waals surface area (Å²) in [7, 11) is -3.52. The maximum atomic E-state index is 12.9. The van der Waals surface area contributed by atoms with Crippen molar-refractivity contribution in [3.05, 3.63) is 97.4 Å². The Morgan fingerprint density at radius 2 is 1.39 bits per heavy atom. The van der Waals surface area contributed by atoms with E-state index in [-0.39, 0.29) is 26.9 Å². The lowest BCUT2D eigenvalue weighted by Gasteiger charge is -2.20. The highest BCUT2D eigenvalue weighted by Crippen LogP contribution is 2.30. The van der Waals surface area contributed by atoms with Crippen LogP contribution in [0.4, 0.5) is 0 Å². The molecule has 0 spiro atoms. The Hall–Kier alpha value is -1.59. The molecule has 9 heteroatoms. The summed E-state index contributed by atoms with van der Waals surface area (Å²) in [5.41, 5.74) is 17.9. The molecule has 208 valence electrons. The SMILES string of the molecule is C.C.Cc1ccc(S(=O)(=O)N2CCC(N)c3ccc(Br)cc3C2)cc1.NC1CCNCc2cc(Br)ccc21. The normalized spacial score (nSPS) is 19.2. The first-order valence-corrected chi connectivity index (χ1v) is 15.0. The molecule has 0 radical (unpaired) electrons. The van der Waals surface area contributed by atoms with Gasteiger partial charge in [-0.15, -0.1) is 0 Å². The summed E-state index contributed by atoms with van der Waals surface area (Å²) in [6.45, 7) is 4.65. The molecule has 0 bridgehead atoms. The fraction of sp³-hybridized carbons (Fsp3) is 0.379. The summed E-state index contributed by atoms with van der Waals surface area (Å²) in [4.78, 5) is 0.329. The van der Waals surface area contributed by atoms with Crippen LogP contribution in [0.5, 0.6) is 0 Å². The third kappa shape index (κ3) is 7.75. The molecule has 38 heavy (non-hydrogen) atoms. The molecule has 5 N–H and O–H groups in total. The lowest BCUT2D eigenvalue weighted by atomic mass is 10.0. The lowest BCUT2D eigenvalue weighted by molar-refractivity contribution is 0.401. The summed E-state index contributed by atoms with van der Waals surface area (Å²) < 4.78 is 29.4. The number of sulfonamides is 1. The minimum atomic E-state index is -3.52. The van der Waals surface area contributed by atoms with Crippen molar-refractivity contribution in [2.75, 3.05) is 13.1 Å². The van der Waals surface area contributed by atoms with E-state index in [1.165, 1.54) is 15.4 Å². The molecule has 0 aliphatic carbocycles. The van der Waals surface area contributed by atoms with E-state index in [1.54, 1.807) is 12.1 Å². The van der Waals surface area contributed by atoms with Crippen LogP contribution in [0.25, 0.3) is 0 Å². The van der Waals surface area contributed by atoms with Crippen LogP contribution in [0.15, 0.2) is 74.5 Å². The minimum Gasteiger partial charge on any atom is -0.324 e. The van der Waals surface area contributed by atoms with Crippen molar-refractivity contribution in [2.24, 2.45) is 11.5 Å². The third-order valence-corrected chi connectivity index (χ3v) is 9.50. The quantitative estimate of drug-likeness (QED) is 0.287. The smallest absolute Gasteiger partial charge is 0.243 e. The van der Waals surface area contributed by atoms with Gasteiger partial charge in [-0.2, -0.15) is 4.31 Å². The second-order valence-electron chi connectivity index (χ2n) is 9.31. The van der Waals surface area contributed by atoms with Crippen molar-refractivity contribution in [1.82, 2.24) is 9.62 Å². The Labute approximate surface area is 245 Å². The number of nitrogens with two attached hydrogens (primary N) is 2. The van der Waals surface area contributed by atoms with Gasteiger partial charge in [0.15, 0.2) is 0 Å². The van der Waals surface area contributed by atoms with Crippen LogP contribution in [-0.2, 0) is 23.1 Å². The highest BCUT2D eigenvalue weighted by atomic mass is 79.9. The first-order valence-electron chi connectivity index (χ1n) is 12.0. The molecule has 0 saturated carbocycles. The minimum absolute atomic E-state index is 0. The monoisotopic (exact) mass is 666 g/mol. The van der Waals surface area contributed by atoms with Gasteiger partial charge in [-0.05, 0) is 85.0 Å². The summed E-state index contributed by atoms with van der Waals surface area (Å²) in [6, 6.07) is 19.2. The predicted octanol–water partition coefficient (Wildman–Crippen LogP) is 6.57. The summed E-state index contributed by atoms with van der Waals surface area (Å²) in [5.74, 6) is 0. The van der Waals surface area contributed by atoms with E-state index in [4.69, 9.17) is 11.5 Å². The molecule has 2 atom stereocenters. The first kappa shape index (κ1) is 32.6. The van der Waals surface area contributed by atoms with Crippen LogP contribution in [0, 0.1) is 6.92 Å². The van der Waals surface area contributed by atoms with Crippen molar-refractivity contribution < 1.29 is 8.42 Å². The Morgan fingerprint density at radius 3 is 2.03 bits per heavy atom. The fourth-order valence-corrected chi connectivity index (χ4v) is 6.82. The van der Waals surface area contributed by atoms with E-state index in [0.29, 0.717) is 24.4 Å². The number of hydrogen-bond acceptors (Lipinski definition) is 5. The highest BCUT2D eigenvalue weighted by Gasteiger charge is 2.29. The Balaban J connectivity index is 0.000000289. The maximum absolute atomic E-state index is 12.9. The number of hydrogen-bond donors (Lipinski definition) is 3. The van der Waals surface area contributed by atoms with Crippen LogP contribution in [0.1, 0.15) is 67.6 Å². The molecule has 0 amide bonds. The molecule has 5 rings (SSSR count). The molecule has 2 heterocycles. The summed E-state index contributed by atoms with van der Waals surface area (Å²) >= 11 is 6.92. The van der Waals surface area contributed by atoms with Gasteiger partial charge in [0.2, 0.25) is 10.0 Å². The summed E-state index contributed by atoms with van der Waals surface area (Å²) in [5, 5.41) is 3.36. The Kier molecular flexibility index (Phi) is 12.2. The van der Waals surface area contributed by atoms with E-state index in [1.807, 2.05) is 37.3 Å². The van der Waals surface area contributed by atoms with Gasteiger partial charge in [0, 0.05) is 40.7 Å². The third-order valence-electron chi connectivity index (χ3n) is 6.65. The molecule has 6 nitrogen and oxygen atoms in total. The highest BCUT2D eigenvalue weighted by molar-refractivity contribution is 9.10. The molecule has 2 aliphatic rings. The molecule has 0 aromatic heterocycles. The predicted molar refractivity (Wildman–Crippen MR) is 165 cm³/mol. The van der Waals surface area contributed by atoms with Crippen LogP contribution < -0.4 is 16.8 Å². The molecule has 0 fully saturated rings. The second kappa shape index (κ2) is 14.2. The number of halogens is 2. The fourth-order valence-electron chi connectivity index (χ4n) is 4.57.